The van der Waals surface area contributed by atoms with E-state index in [1.807, 2.05) is 32.0 Å². The third-order valence-electron chi connectivity index (χ3n) is 2.60. The van der Waals surface area contributed by atoms with E-state index in [9.17, 15) is 4.79 Å². The highest BCUT2D eigenvalue weighted by molar-refractivity contribution is 5.88. The molecule has 0 amide bonds. The molecule has 0 atom stereocenters. The van der Waals surface area contributed by atoms with E-state index in [0.29, 0.717) is 0 Å². The van der Waals surface area contributed by atoms with Gasteiger partial charge in [0, 0.05) is 16.6 Å². The molecule has 0 saturated heterocycles. The van der Waals surface area contributed by atoms with Gasteiger partial charge in [-0.05, 0) is 31.0 Å². The molecule has 2 rings (SSSR count). The molecule has 15 heavy (non-hydrogen) atoms. The van der Waals surface area contributed by atoms with Crippen molar-refractivity contribution in [2.45, 2.75) is 20.3 Å². The first-order chi connectivity index (χ1) is 7.08. The van der Waals surface area contributed by atoms with E-state index >= 15 is 0 Å². The molecule has 0 spiro atoms. The number of hydrogen-bond donors (Lipinski definition) is 2. The van der Waals surface area contributed by atoms with Crippen LogP contribution >= 0.6 is 0 Å². The SMILES string of the molecule is Cc1ccc2c(CC(=O)O)c(C)[nH]c2c1. The summed E-state index contributed by atoms with van der Waals surface area (Å²) in [5, 5.41) is 9.82. The van der Waals surface area contributed by atoms with Crippen molar-refractivity contribution >= 4 is 16.9 Å². The molecule has 1 aromatic carbocycles. The van der Waals surface area contributed by atoms with Crippen molar-refractivity contribution in [1.82, 2.24) is 4.98 Å². The van der Waals surface area contributed by atoms with E-state index in [1.54, 1.807) is 0 Å². The van der Waals surface area contributed by atoms with Crippen molar-refractivity contribution in [3.63, 3.8) is 0 Å². The summed E-state index contributed by atoms with van der Waals surface area (Å²) >= 11 is 0. The van der Waals surface area contributed by atoms with Crippen LogP contribution in [-0.4, -0.2) is 16.1 Å². The molecule has 0 aliphatic carbocycles. The second-order valence-corrected chi connectivity index (χ2v) is 3.85. The topological polar surface area (TPSA) is 53.1 Å². The summed E-state index contributed by atoms with van der Waals surface area (Å²) < 4.78 is 0. The molecule has 2 N–H and O–H groups in total. The number of rotatable bonds is 2. The van der Waals surface area contributed by atoms with E-state index < -0.39 is 5.97 Å². The molecule has 1 aromatic heterocycles. The maximum Gasteiger partial charge on any atom is 0.307 e. The summed E-state index contributed by atoms with van der Waals surface area (Å²) in [6.07, 6.45) is 0.0783. The van der Waals surface area contributed by atoms with Crippen LogP contribution in [0.3, 0.4) is 0 Å². The maximum absolute atomic E-state index is 10.7. The fourth-order valence-electron chi connectivity index (χ4n) is 1.88. The number of fused-ring (bicyclic) bond motifs is 1. The largest absolute Gasteiger partial charge is 0.481 e. The van der Waals surface area contributed by atoms with Crippen LogP contribution in [0.1, 0.15) is 16.8 Å². The first-order valence-corrected chi connectivity index (χ1v) is 4.87. The van der Waals surface area contributed by atoms with Crippen molar-refractivity contribution in [3.8, 4) is 0 Å². The molecule has 3 heteroatoms. The first-order valence-electron chi connectivity index (χ1n) is 4.87. The monoisotopic (exact) mass is 203 g/mol. The molecule has 0 saturated carbocycles. The first kappa shape index (κ1) is 9.77. The van der Waals surface area contributed by atoms with Crippen LogP contribution in [0.15, 0.2) is 18.2 Å². The number of H-pyrrole nitrogens is 1. The standard InChI is InChI=1S/C12H13NO2/c1-7-3-4-9-10(6-12(14)15)8(2)13-11(9)5-7/h3-5,13H,6H2,1-2H3,(H,14,15). The van der Waals surface area contributed by atoms with Crippen LogP contribution in [0.4, 0.5) is 0 Å². The highest BCUT2D eigenvalue weighted by Gasteiger charge is 2.11. The summed E-state index contributed by atoms with van der Waals surface area (Å²) in [6, 6.07) is 6.01. The van der Waals surface area contributed by atoms with Gasteiger partial charge in [0.15, 0.2) is 0 Å². The Labute approximate surface area is 87.7 Å². The second kappa shape index (κ2) is 3.42. The lowest BCUT2D eigenvalue weighted by Crippen LogP contribution is -2.00. The third-order valence-corrected chi connectivity index (χ3v) is 2.60. The number of aryl methyl sites for hydroxylation is 2. The zero-order valence-corrected chi connectivity index (χ0v) is 8.79. The molecule has 0 aliphatic rings. The minimum absolute atomic E-state index is 0.0783. The van der Waals surface area contributed by atoms with Gasteiger partial charge in [-0.3, -0.25) is 4.79 Å². The van der Waals surface area contributed by atoms with Gasteiger partial charge in [0.1, 0.15) is 0 Å². The lowest BCUT2D eigenvalue weighted by molar-refractivity contribution is -0.136. The van der Waals surface area contributed by atoms with Gasteiger partial charge < -0.3 is 10.1 Å². The van der Waals surface area contributed by atoms with Crippen molar-refractivity contribution in [2.75, 3.05) is 0 Å². The number of carbonyl (C=O) groups is 1. The Morgan fingerprint density at radius 2 is 2.13 bits per heavy atom. The molecule has 0 bridgehead atoms. The normalized spacial score (nSPS) is 10.8. The summed E-state index contributed by atoms with van der Waals surface area (Å²) in [5.41, 5.74) is 4.02. The molecule has 1 heterocycles. The average Bonchev–Trinajstić information content (AvgIpc) is 2.41. The van der Waals surface area contributed by atoms with Crippen LogP contribution in [0, 0.1) is 13.8 Å². The fraction of sp³-hybridized carbons (Fsp3) is 0.250. The molecular weight excluding hydrogens is 190 g/mol. The van der Waals surface area contributed by atoms with E-state index in [2.05, 4.69) is 4.98 Å². The Hall–Kier alpha value is -1.77. The predicted molar refractivity (Wildman–Crippen MR) is 59.1 cm³/mol. The Kier molecular flexibility index (Phi) is 2.23. The van der Waals surface area contributed by atoms with E-state index in [0.717, 1.165) is 22.2 Å². The molecule has 0 aliphatic heterocycles. The molecular formula is C12H13NO2. The second-order valence-electron chi connectivity index (χ2n) is 3.85. The predicted octanol–water partition coefficient (Wildman–Crippen LogP) is 2.41. The van der Waals surface area contributed by atoms with Crippen LogP contribution in [0.25, 0.3) is 10.9 Å². The highest BCUT2D eigenvalue weighted by atomic mass is 16.4. The Morgan fingerprint density at radius 3 is 2.80 bits per heavy atom. The summed E-state index contributed by atoms with van der Waals surface area (Å²) in [5.74, 6) is -0.792. The fourth-order valence-corrected chi connectivity index (χ4v) is 1.88. The number of aromatic amines is 1. The molecule has 3 nitrogen and oxygen atoms in total. The van der Waals surface area contributed by atoms with E-state index in [1.165, 1.54) is 5.56 Å². The number of carboxylic acids is 1. The van der Waals surface area contributed by atoms with Crippen LogP contribution in [-0.2, 0) is 11.2 Å². The third kappa shape index (κ3) is 1.73. The van der Waals surface area contributed by atoms with Crippen LogP contribution in [0.2, 0.25) is 0 Å². The molecule has 0 fully saturated rings. The number of hydrogen-bond acceptors (Lipinski definition) is 1. The minimum atomic E-state index is -0.792. The van der Waals surface area contributed by atoms with E-state index in [-0.39, 0.29) is 6.42 Å². The molecule has 0 unspecified atom stereocenters. The van der Waals surface area contributed by atoms with Gasteiger partial charge in [-0.2, -0.15) is 0 Å². The summed E-state index contributed by atoms with van der Waals surface area (Å²) in [4.78, 5) is 13.9. The van der Waals surface area contributed by atoms with Gasteiger partial charge in [-0.1, -0.05) is 12.1 Å². The molecule has 78 valence electrons. The van der Waals surface area contributed by atoms with Crippen molar-refractivity contribution in [2.24, 2.45) is 0 Å². The summed E-state index contributed by atoms with van der Waals surface area (Å²) in [7, 11) is 0. The number of nitrogens with one attached hydrogen (secondary N) is 1. The zero-order chi connectivity index (χ0) is 11.0. The Balaban J connectivity index is 2.63. The minimum Gasteiger partial charge on any atom is -0.481 e. The highest BCUT2D eigenvalue weighted by Crippen LogP contribution is 2.23. The smallest absolute Gasteiger partial charge is 0.307 e. The molecule has 0 radical (unpaired) electrons. The number of aliphatic carboxylic acids is 1. The van der Waals surface area contributed by atoms with Gasteiger partial charge in [-0.25, -0.2) is 0 Å². The number of benzene rings is 1. The maximum atomic E-state index is 10.7. The van der Waals surface area contributed by atoms with Gasteiger partial charge in [-0.15, -0.1) is 0 Å². The van der Waals surface area contributed by atoms with Crippen molar-refractivity contribution in [1.29, 1.82) is 0 Å². The summed E-state index contributed by atoms with van der Waals surface area (Å²) in [6.45, 7) is 3.93. The van der Waals surface area contributed by atoms with Gasteiger partial charge in [0.2, 0.25) is 0 Å². The Morgan fingerprint density at radius 1 is 1.40 bits per heavy atom. The number of carboxylic acid groups (broad SMARTS) is 1. The van der Waals surface area contributed by atoms with Crippen LogP contribution < -0.4 is 0 Å². The van der Waals surface area contributed by atoms with Gasteiger partial charge in [0.25, 0.3) is 0 Å². The number of aromatic nitrogens is 1. The lowest BCUT2D eigenvalue weighted by Gasteiger charge is -1.97. The van der Waals surface area contributed by atoms with Crippen molar-refractivity contribution in [3.05, 3.63) is 35.0 Å². The zero-order valence-electron chi connectivity index (χ0n) is 8.79. The Bertz CT molecular complexity index is 526. The van der Waals surface area contributed by atoms with Gasteiger partial charge >= 0.3 is 5.97 Å². The average molecular weight is 203 g/mol. The molecule has 2 aromatic rings. The lowest BCUT2D eigenvalue weighted by atomic mass is 10.1. The quantitative estimate of drug-likeness (QED) is 0.787. The van der Waals surface area contributed by atoms with E-state index in [4.69, 9.17) is 5.11 Å². The van der Waals surface area contributed by atoms with Crippen LogP contribution in [0.5, 0.6) is 0 Å². The van der Waals surface area contributed by atoms with Crippen molar-refractivity contribution < 1.29 is 9.90 Å². The van der Waals surface area contributed by atoms with Gasteiger partial charge in [0.05, 0.1) is 6.42 Å².